The van der Waals surface area contributed by atoms with Crippen LogP contribution in [0, 0.1) is 13.8 Å². The van der Waals surface area contributed by atoms with Crippen LogP contribution in [0.3, 0.4) is 0 Å². The molecule has 0 saturated heterocycles. The van der Waals surface area contributed by atoms with Crippen LogP contribution in [0.5, 0.6) is 0 Å². The molecule has 0 radical (unpaired) electrons. The first kappa shape index (κ1) is 14.0. The monoisotopic (exact) mass is 271 g/mol. The molecule has 104 valence electrons. The molecule has 1 aromatic heterocycles. The Bertz CT molecular complexity index is 639. The van der Waals surface area contributed by atoms with Gasteiger partial charge in [0, 0.05) is 23.4 Å². The first-order valence-corrected chi connectivity index (χ1v) is 6.39. The number of Topliss-reactive ketones (excluding diaryl/α,β-unsaturated/α-hetero) is 1. The number of H-pyrrole nitrogens is 1. The lowest BCUT2D eigenvalue weighted by Crippen LogP contribution is -2.25. The molecule has 0 saturated carbocycles. The number of ketones is 1. The highest BCUT2D eigenvalue weighted by molar-refractivity contribution is 6.07. The lowest BCUT2D eigenvalue weighted by molar-refractivity contribution is 0.0936. The molecule has 5 nitrogen and oxygen atoms in total. The third kappa shape index (κ3) is 2.77. The van der Waals surface area contributed by atoms with E-state index >= 15 is 0 Å². The molecule has 5 heteroatoms. The summed E-state index contributed by atoms with van der Waals surface area (Å²) < 4.78 is 0. The van der Waals surface area contributed by atoms with Crippen molar-refractivity contribution in [1.29, 1.82) is 0 Å². The molecular weight excluding hydrogens is 254 g/mol. The maximum Gasteiger partial charge on any atom is 0.252 e. The summed E-state index contributed by atoms with van der Waals surface area (Å²) >= 11 is 0. The number of aromatic nitrogens is 2. The van der Waals surface area contributed by atoms with Crippen molar-refractivity contribution in [3.8, 4) is 0 Å². The Hall–Kier alpha value is -2.43. The van der Waals surface area contributed by atoms with Crippen LogP contribution in [0.1, 0.15) is 44.6 Å². The third-order valence-electron chi connectivity index (χ3n) is 3.26. The lowest BCUT2D eigenvalue weighted by Gasteiger charge is -2.08. The second-order valence-electron chi connectivity index (χ2n) is 4.70. The quantitative estimate of drug-likeness (QED) is 0.837. The molecule has 0 aliphatic rings. The van der Waals surface area contributed by atoms with Crippen LogP contribution in [0.4, 0.5) is 0 Å². The van der Waals surface area contributed by atoms with Crippen molar-refractivity contribution in [2.45, 2.75) is 27.3 Å². The Balaban J connectivity index is 2.16. The van der Waals surface area contributed by atoms with E-state index in [1.807, 2.05) is 13.8 Å². The van der Waals surface area contributed by atoms with Crippen LogP contribution in [-0.4, -0.2) is 21.9 Å². The summed E-state index contributed by atoms with van der Waals surface area (Å²) in [7, 11) is 0. The fourth-order valence-electron chi connectivity index (χ4n) is 2.09. The Kier molecular flexibility index (Phi) is 3.98. The van der Waals surface area contributed by atoms with Gasteiger partial charge in [-0.25, -0.2) is 0 Å². The number of aryl methyl sites for hydroxylation is 2. The minimum absolute atomic E-state index is 0.119. The van der Waals surface area contributed by atoms with Crippen molar-refractivity contribution in [2.24, 2.45) is 0 Å². The molecule has 20 heavy (non-hydrogen) atoms. The summed E-state index contributed by atoms with van der Waals surface area (Å²) in [6.45, 7) is 5.63. The van der Waals surface area contributed by atoms with Crippen LogP contribution < -0.4 is 5.32 Å². The van der Waals surface area contributed by atoms with Gasteiger partial charge in [-0.2, -0.15) is 5.10 Å². The van der Waals surface area contributed by atoms with E-state index in [9.17, 15) is 9.59 Å². The fraction of sp³-hybridized carbons (Fsp3) is 0.267. The normalized spacial score (nSPS) is 10.3. The third-order valence-corrected chi connectivity index (χ3v) is 3.26. The SMILES string of the molecule is CC(=O)c1ccccc1C(=O)NCc1c(C)n[nH]c1C. The minimum atomic E-state index is -0.254. The molecule has 0 spiro atoms. The Morgan fingerprint density at radius 1 is 1.20 bits per heavy atom. The van der Waals surface area contributed by atoms with E-state index in [2.05, 4.69) is 15.5 Å². The van der Waals surface area contributed by atoms with Gasteiger partial charge in [0.2, 0.25) is 0 Å². The molecule has 0 bridgehead atoms. The summed E-state index contributed by atoms with van der Waals surface area (Å²) in [4.78, 5) is 23.7. The number of hydrogen-bond acceptors (Lipinski definition) is 3. The van der Waals surface area contributed by atoms with Crippen molar-refractivity contribution in [3.05, 3.63) is 52.3 Å². The van der Waals surface area contributed by atoms with E-state index in [4.69, 9.17) is 0 Å². The van der Waals surface area contributed by atoms with Gasteiger partial charge >= 0.3 is 0 Å². The van der Waals surface area contributed by atoms with Gasteiger partial charge in [-0.3, -0.25) is 14.7 Å². The van der Waals surface area contributed by atoms with E-state index < -0.39 is 0 Å². The van der Waals surface area contributed by atoms with Crippen molar-refractivity contribution < 1.29 is 9.59 Å². The number of amides is 1. The molecule has 2 aromatic rings. The smallest absolute Gasteiger partial charge is 0.252 e. The molecule has 0 fully saturated rings. The Labute approximate surface area is 117 Å². The van der Waals surface area contributed by atoms with E-state index in [1.165, 1.54) is 6.92 Å². The zero-order valence-electron chi connectivity index (χ0n) is 11.8. The molecule has 0 aliphatic heterocycles. The van der Waals surface area contributed by atoms with Crippen LogP contribution in [0.25, 0.3) is 0 Å². The predicted molar refractivity (Wildman–Crippen MR) is 75.7 cm³/mol. The van der Waals surface area contributed by atoms with E-state index in [-0.39, 0.29) is 11.7 Å². The number of aromatic amines is 1. The minimum Gasteiger partial charge on any atom is -0.348 e. The summed E-state index contributed by atoms with van der Waals surface area (Å²) in [5, 5.41) is 9.78. The Morgan fingerprint density at radius 2 is 1.85 bits per heavy atom. The van der Waals surface area contributed by atoms with Crippen molar-refractivity contribution in [3.63, 3.8) is 0 Å². The van der Waals surface area contributed by atoms with Gasteiger partial charge in [-0.15, -0.1) is 0 Å². The molecule has 0 unspecified atom stereocenters. The molecule has 0 atom stereocenters. The van der Waals surface area contributed by atoms with Gasteiger partial charge in [0.1, 0.15) is 0 Å². The number of nitrogens with zero attached hydrogens (tertiary/aromatic N) is 1. The van der Waals surface area contributed by atoms with Gasteiger partial charge < -0.3 is 5.32 Å². The number of rotatable bonds is 4. The van der Waals surface area contributed by atoms with E-state index in [1.54, 1.807) is 24.3 Å². The number of benzene rings is 1. The van der Waals surface area contributed by atoms with E-state index in [0.29, 0.717) is 17.7 Å². The number of carbonyl (C=O) groups is 2. The van der Waals surface area contributed by atoms with Crippen molar-refractivity contribution in [1.82, 2.24) is 15.5 Å². The van der Waals surface area contributed by atoms with Crippen LogP contribution in [0.15, 0.2) is 24.3 Å². The van der Waals surface area contributed by atoms with Crippen LogP contribution >= 0.6 is 0 Å². The zero-order valence-corrected chi connectivity index (χ0v) is 11.8. The molecular formula is C15H17N3O2. The number of hydrogen-bond donors (Lipinski definition) is 2. The zero-order chi connectivity index (χ0) is 14.7. The second kappa shape index (κ2) is 5.69. The molecule has 1 heterocycles. The molecule has 0 aliphatic carbocycles. The predicted octanol–water partition coefficient (Wildman–Crippen LogP) is 2.16. The maximum absolute atomic E-state index is 12.2. The van der Waals surface area contributed by atoms with Gasteiger partial charge in [-0.1, -0.05) is 18.2 Å². The second-order valence-corrected chi connectivity index (χ2v) is 4.70. The highest BCUT2D eigenvalue weighted by Crippen LogP contribution is 2.12. The first-order valence-electron chi connectivity index (χ1n) is 6.39. The van der Waals surface area contributed by atoms with Gasteiger partial charge in [0.15, 0.2) is 5.78 Å². The first-order chi connectivity index (χ1) is 9.50. The van der Waals surface area contributed by atoms with Gasteiger partial charge in [0.25, 0.3) is 5.91 Å². The maximum atomic E-state index is 12.2. The topological polar surface area (TPSA) is 74.8 Å². The molecule has 2 N–H and O–H groups in total. The fourth-order valence-corrected chi connectivity index (χ4v) is 2.09. The number of nitrogens with one attached hydrogen (secondary N) is 2. The Morgan fingerprint density at radius 3 is 2.40 bits per heavy atom. The lowest BCUT2D eigenvalue weighted by atomic mass is 10.0. The number of carbonyl (C=O) groups excluding carboxylic acids is 2. The van der Waals surface area contributed by atoms with Crippen molar-refractivity contribution in [2.75, 3.05) is 0 Å². The van der Waals surface area contributed by atoms with Crippen LogP contribution in [0.2, 0.25) is 0 Å². The summed E-state index contributed by atoms with van der Waals surface area (Å²) in [5.41, 5.74) is 3.61. The average molecular weight is 271 g/mol. The highest BCUT2D eigenvalue weighted by Gasteiger charge is 2.14. The van der Waals surface area contributed by atoms with Gasteiger partial charge in [0.05, 0.1) is 11.3 Å². The standard InChI is InChI=1S/C15H17N3O2/c1-9-14(10(2)18-17-9)8-16-15(20)13-7-5-4-6-12(13)11(3)19/h4-7H,8H2,1-3H3,(H,16,20)(H,17,18). The summed E-state index contributed by atoms with van der Waals surface area (Å²) in [6, 6.07) is 6.81. The summed E-state index contributed by atoms with van der Waals surface area (Å²) in [6.07, 6.45) is 0. The van der Waals surface area contributed by atoms with Gasteiger partial charge in [-0.05, 0) is 26.8 Å². The van der Waals surface area contributed by atoms with E-state index in [0.717, 1.165) is 17.0 Å². The summed E-state index contributed by atoms with van der Waals surface area (Å²) in [5.74, 6) is -0.373. The average Bonchev–Trinajstić information content (AvgIpc) is 2.75. The highest BCUT2D eigenvalue weighted by atomic mass is 16.2. The molecule has 1 aromatic carbocycles. The van der Waals surface area contributed by atoms with Crippen molar-refractivity contribution >= 4 is 11.7 Å². The largest absolute Gasteiger partial charge is 0.348 e. The molecule has 2 rings (SSSR count). The van der Waals surface area contributed by atoms with Crippen LogP contribution in [-0.2, 0) is 6.54 Å². The molecule has 1 amide bonds.